The van der Waals surface area contributed by atoms with Gasteiger partial charge in [-0.1, -0.05) is 24.3 Å². The second-order valence-corrected chi connectivity index (χ2v) is 7.66. The lowest BCUT2D eigenvalue weighted by Gasteiger charge is -2.26. The molecule has 0 aromatic heterocycles. The number of hydrogen-bond donors (Lipinski definition) is 2. The van der Waals surface area contributed by atoms with Crippen LogP contribution in [0.25, 0.3) is 5.76 Å². The van der Waals surface area contributed by atoms with E-state index in [1.165, 1.54) is 24.3 Å². The number of Topliss-reactive ketones (excluding diaryl/α,β-unsaturated/α-hetero) is 1. The summed E-state index contributed by atoms with van der Waals surface area (Å²) in [5.41, 5.74) is 1.79. The lowest BCUT2D eigenvalue weighted by Crippen LogP contribution is -2.30. The zero-order chi connectivity index (χ0) is 23.2. The second-order valence-electron chi connectivity index (χ2n) is 7.66. The molecule has 0 aliphatic carbocycles. The number of aliphatic hydroxyl groups is 1. The van der Waals surface area contributed by atoms with Crippen molar-refractivity contribution in [3.63, 3.8) is 0 Å². The summed E-state index contributed by atoms with van der Waals surface area (Å²) in [6.45, 7) is 3.73. The number of aryl methyl sites for hydroxylation is 2. The average molecular weight is 435 g/mol. The molecule has 1 atom stereocenters. The Balaban J connectivity index is 1.99. The molecule has 1 aliphatic heterocycles. The monoisotopic (exact) mass is 435 g/mol. The van der Waals surface area contributed by atoms with Crippen LogP contribution in [0.3, 0.4) is 0 Å². The van der Waals surface area contributed by atoms with Crippen LogP contribution in [0.5, 0.6) is 5.75 Å². The third kappa shape index (κ3) is 3.51. The van der Waals surface area contributed by atoms with Gasteiger partial charge in [0.2, 0.25) is 0 Å². The molecular weight excluding hydrogens is 416 g/mol. The smallest absolute Gasteiger partial charge is 0.300 e. The third-order valence-corrected chi connectivity index (χ3v) is 5.60. The summed E-state index contributed by atoms with van der Waals surface area (Å²) >= 11 is 0. The van der Waals surface area contributed by atoms with E-state index in [0.717, 1.165) is 34.2 Å². The number of anilines is 1. The molecule has 3 aromatic carbocycles. The Bertz CT molecular complexity index is 1280. The van der Waals surface area contributed by atoms with E-state index in [4.69, 9.17) is 0 Å². The molecule has 0 spiro atoms. The molecule has 32 heavy (non-hydrogen) atoms. The number of aliphatic hydroxyl groups excluding tert-OH is 1. The average Bonchev–Trinajstić information content (AvgIpc) is 3.02. The highest BCUT2D eigenvalue weighted by Crippen LogP contribution is 2.43. The summed E-state index contributed by atoms with van der Waals surface area (Å²) in [5.74, 6) is -4.30. The van der Waals surface area contributed by atoms with Crippen LogP contribution in [0.15, 0.2) is 66.2 Å². The number of phenolic OH excluding ortho intramolecular Hbond substituents is 1. The van der Waals surface area contributed by atoms with Crippen LogP contribution in [0.4, 0.5) is 14.5 Å². The first kappa shape index (κ1) is 21.2. The van der Waals surface area contributed by atoms with Crippen molar-refractivity contribution in [3.8, 4) is 5.75 Å². The predicted octanol–water partition coefficient (Wildman–Crippen LogP) is 4.91. The van der Waals surface area contributed by atoms with E-state index in [-0.39, 0.29) is 11.3 Å². The van der Waals surface area contributed by atoms with Crippen LogP contribution in [0, 0.1) is 25.5 Å². The SMILES string of the molecule is Cc1ccc(/C(O)=C2\C(=O)C(=O)N(c3cc(F)ccc3F)C2c2ccc(O)cc2)cc1C. The van der Waals surface area contributed by atoms with Crippen LogP contribution >= 0.6 is 0 Å². The number of hydrogen-bond acceptors (Lipinski definition) is 4. The Hall–Kier alpha value is -4.00. The van der Waals surface area contributed by atoms with Crippen molar-refractivity contribution in [2.24, 2.45) is 0 Å². The molecule has 1 heterocycles. The van der Waals surface area contributed by atoms with Crippen molar-refractivity contribution in [1.29, 1.82) is 0 Å². The molecule has 4 rings (SSSR count). The summed E-state index contributed by atoms with van der Waals surface area (Å²) in [4.78, 5) is 26.8. The molecule has 0 saturated carbocycles. The molecule has 0 radical (unpaired) electrons. The standard InChI is InChI=1S/C25H19F2NO4/c1-13-3-4-16(11-14(13)2)23(30)21-22(15-5-8-18(29)9-6-15)28(25(32)24(21)31)20-12-17(26)7-10-19(20)27/h3-12,22,29-30H,1-2H3/b23-21+. The second kappa shape index (κ2) is 7.92. The molecule has 1 fully saturated rings. The summed E-state index contributed by atoms with van der Waals surface area (Å²) in [6.07, 6.45) is 0. The first-order chi connectivity index (χ1) is 15.2. The van der Waals surface area contributed by atoms with Gasteiger partial charge in [-0.3, -0.25) is 14.5 Å². The van der Waals surface area contributed by atoms with E-state index in [1.807, 2.05) is 13.8 Å². The Morgan fingerprint density at radius 3 is 2.25 bits per heavy atom. The van der Waals surface area contributed by atoms with Gasteiger partial charge in [-0.15, -0.1) is 0 Å². The van der Waals surface area contributed by atoms with Gasteiger partial charge in [0.15, 0.2) is 0 Å². The predicted molar refractivity (Wildman–Crippen MR) is 115 cm³/mol. The van der Waals surface area contributed by atoms with Crippen molar-refractivity contribution in [2.75, 3.05) is 4.90 Å². The van der Waals surface area contributed by atoms with Crippen molar-refractivity contribution in [2.45, 2.75) is 19.9 Å². The van der Waals surface area contributed by atoms with E-state index in [9.17, 15) is 28.6 Å². The zero-order valence-corrected chi connectivity index (χ0v) is 17.3. The third-order valence-electron chi connectivity index (χ3n) is 5.60. The van der Waals surface area contributed by atoms with E-state index in [2.05, 4.69) is 0 Å². The molecule has 7 heteroatoms. The fourth-order valence-corrected chi connectivity index (χ4v) is 3.77. The van der Waals surface area contributed by atoms with E-state index < -0.39 is 40.8 Å². The van der Waals surface area contributed by atoms with Crippen LogP contribution in [0.1, 0.15) is 28.3 Å². The van der Waals surface area contributed by atoms with Gasteiger partial charge < -0.3 is 10.2 Å². The largest absolute Gasteiger partial charge is 0.508 e. The number of aromatic hydroxyl groups is 1. The minimum absolute atomic E-state index is 0.0585. The molecule has 1 unspecified atom stereocenters. The van der Waals surface area contributed by atoms with Gasteiger partial charge in [0, 0.05) is 11.6 Å². The van der Waals surface area contributed by atoms with Gasteiger partial charge in [0.25, 0.3) is 11.7 Å². The number of benzene rings is 3. The Kier molecular flexibility index (Phi) is 5.26. The molecule has 1 saturated heterocycles. The zero-order valence-electron chi connectivity index (χ0n) is 17.3. The van der Waals surface area contributed by atoms with Crippen LogP contribution in [0.2, 0.25) is 0 Å². The van der Waals surface area contributed by atoms with E-state index in [1.54, 1.807) is 18.2 Å². The number of rotatable bonds is 3. The number of halogens is 2. The number of nitrogens with zero attached hydrogens (tertiary/aromatic N) is 1. The Morgan fingerprint density at radius 1 is 0.906 bits per heavy atom. The molecule has 1 aliphatic rings. The number of ketones is 1. The minimum Gasteiger partial charge on any atom is -0.508 e. The summed E-state index contributed by atoms with van der Waals surface area (Å²) in [5, 5.41) is 20.7. The molecule has 5 nitrogen and oxygen atoms in total. The minimum atomic E-state index is -1.23. The summed E-state index contributed by atoms with van der Waals surface area (Å²) < 4.78 is 28.6. The Labute approximate surface area is 182 Å². The number of carbonyl (C=O) groups is 2. The lowest BCUT2D eigenvalue weighted by molar-refractivity contribution is -0.132. The highest BCUT2D eigenvalue weighted by Gasteiger charge is 2.47. The van der Waals surface area contributed by atoms with Crippen LogP contribution < -0.4 is 4.90 Å². The van der Waals surface area contributed by atoms with Gasteiger partial charge in [0.05, 0.1) is 17.3 Å². The topological polar surface area (TPSA) is 77.8 Å². The van der Waals surface area contributed by atoms with Gasteiger partial charge in [-0.25, -0.2) is 8.78 Å². The molecule has 1 amide bonds. The maximum atomic E-state index is 14.6. The molecule has 3 aromatic rings. The molecule has 2 N–H and O–H groups in total. The highest BCUT2D eigenvalue weighted by atomic mass is 19.1. The number of carbonyl (C=O) groups excluding carboxylic acids is 2. The Morgan fingerprint density at radius 2 is 1.59 bits per heavy atom. The van der Waals surface area contributed by atoms with Gasteiger partial charge in [-0.05, 0) is 60.9 Å². The van der Waals surface area contributed by atoms with Crippen LogP contribution in [-0.2, 0) is 9.59 Å². The van der Waals surface area contributed by atoms with E-state index in [0.29, 0.717) is 11.1 Å². The van der Waals surface area contributed by atoms with Gasteiger partial charge in [-0.2, -0.15) is 0 Å². The van der Waals surface area contributed by atoms with Gasteiger partial charge in [0.1, 0.15) is 23.1 Å². The fourth-order valence-electron chi connectivity index (χ4n) is 3.77. The maximum absolute atomic E-state index is 14.6. The van der Waals surface area contributed by atoms with Crippen molar-refractivity contribution in [1.82, 2.24) is 0 Å². The van der Waals surface area contributed by atoms with Crippen molar-refractivity contribution >= 4 is 23.1 Å². The quantitative estimate of drug-likeness (QED) is 0.348. The van der Waals surface area contributed by atoms with Crippen molar-refractivity contribution in [3.05, 3.63) is 100 Å². The summed E-state index contributed by atoms with van der Waals surface area (Å²) in [6, 6.07) is 12.0. The fraction of sp³-hybridized carbons (Fsp3) is 0.120. The summed E-state index contributed by atoms with van der Waals surface area (Å²) in [7, 11) is 0. The molecule has 0 bridgehead atoms. The van der Waals surface area contributed by atoms with Gasteiger partial charge >= 0.3 is 0 Å². The first-order valence-corrected chi connectivity index (χ1v) is 9.81. The van der Waals surface area contributed by atoms with Crippen molar-refractivity contribution < 1.29 is 28.6 Å². The molecular formula is C25H19F2NO4. The molecule has 162 valence electrons. The first-order valence-electron chi connectivity index (χ1n) is 9.81. The van der Waals surface area contributed by atoms with Crippen LogP contribution in [-0.4, -0.2) is 21.9 Å². The van der Waals surface area contributed by atoms with E-state index >= 15 is 0 Å². The number of amides is 1. The maximum Gasteiger partial charge on any atom is 0.300 e. The highest BCUT2D eigenvalue weighted by molar-refractivity contribution is 6.51. The normalized spacial score (nSPS) is 17.8. The number of phenols is 1. The lowest BCUT2D eigenvalue weighted by atomic mass is 9.94.